The lowest BCUT2D eigenvalue weighted by atomic mass is 9.86. The average Bonchev–Trinajstić information content (AvgIpc) is 2.73. The van der Waals surface area contributed by atoms with Gasteiger partial charge < -0.3 is 5.11 Å². The first-order valence-corrected chi connectivity index (χ1v) is 7.74. The lowest BCUT2D eigenvalue weighted by molar-refractivity contribution is 0.469. The van der Waals surface area contributed by atoms with Gasteiger partial charge >= 0.3 is 0 Å². The van der Waals surface area contributed by atoms with Crippen molar-refractivity contribution in [3.05, 3.63) is 76.4 Å². The fourth-order valence-electron chi connectivity index (χ4n) is 3.46. The maximum absolute atomic E-state index is 10.9. The van der Waals surface area contributed by atoms with Crippen LogP contribution < -0.4 is 0 Å². The summed E-state index contributed by atoms with van der Waals surface area (Å²) < 4.78 is 0. The summed E-state index contributed by atoms with van der Waals surface area (Å²) in [6.07, 6.45) is 0. The molecular formula is C21H22O. The minimum Gasteiger partial charge on any atom is -0.507 e. The minimum atomic E-state index is 0.198. The van der Waals surface area contributed by atoms with Crippen molar-refractivity contribution in [2.45, 2.75) is 33.6 Å². The number of phenolic OH excluding ortho intramolecular Hbond substituents is 1. The molecule has 0 saturated heterocycles. The second kappa shape index (κ2) is 5.49. The molecule has 1 nitrogen and oxygen atoms in total. The van der Waals surface area contributed by atoms with Crippen molar-refractivity contribution in [3.8, 4) is 16.9 Å². The molecular weight excluding hydrogens is 268 g/mol. The SMILES string of the molecule is CC1=C(C)C(c2cccc(-c3ccccc3)c2O)C(C)=C1C. The molecule has 3 rings (SSSR count). The quantitative estimate of drug-likeness (QED) is 0.737. The van der Waals surface area contributed by atoms with E-state index in [0.29, 0.717) is 5.75 Å². The van der Waals surface area contributed by atoms with E-state index in [1.54, 1.807) is 0 Å². The Bertz CT molecular complexity index is 755. The highest BCUT2D eigenvalue weighted by atomic mass is 16.3. The van der Waals surface area contributed by atoms with Crippen molar-refractivity contribution in [3.63, 3.8) is 0 Å². The molecule has 0 amide bonds. The summed E-state index contributed by atoms with van der Waals surface area (Å²) in [6.45, 7) is 8.70. The van der Waals surface area contributed by atoms with E-state index in [2.05, 4.69) is 27.7 Å². The Morgan fingerprint density at radius 3 is 1.91 bits per heavy atom. The average molecular weight is 290 g/mol. The molecule has 0 unspecified atom stereocenters. The number of rotatable bonds is 2. The van der Waals surface area contributed by atoms with Gasteiger partial charge in [0.05, 0.1) is 0 Å². The van der Waals surface area contributed by atoms with Crippen molar-refractivity contribution < 1.29 is 5.11 Å². The predicted molar refractivity (Wildman–Crippen MR) is 93.0 cm³/mol. The molecule has 112 valence electrons. The topological polar surface area (TPSA) is 20.2 Å². The Kier molecular flexibility index (Phi) is 3.66. The number of benzene rings is 2. The lowest BCUT2D eigenvalue weighted by Gasteiger charge is -2.19. The highest BCUT2D eigenvalue weighted by Gasteiger charge is 2.28. The molecule has 1 N–H and O–H groups in total. The second-order valence-electron chi connectivity index (χ2n) is 6.16. The number of hydrogen-bond acceptors (Lipinski definition) is 1. The largest absolute Gasteiger partial charge is 0.507 e. The van der Waals surface area contributed by atoms with Crippen LogP contribution in [0.4, 0.5) is 0 Å². The Balaban J connectivity index is 2.15. The number of hydrogen-bond donors (Lipinski definition) is 1. The van der Waals surface area contributed by atoms with Crippen molar-refractivity contribution in [2.24, 2.45) is 0 Å². The first-order chi connectivity index (χ1) is 10.5. The van der Waals surface area contributed by atoms with E-state index >= 15 is 0 Å². The third-order valence-corrected chi connectivity index (χ3v) is 5.07. The van der Waals surface area contributed by atoms with E-state index in [1.807, 2.05) is 48.5 Å². The zero-order valence-corrected chi connectivity index (χ0v) is 13.6. The van der Waals surface area contributed by atoms with E-state index in [0.717, 1.165) is 16.7 Å². The molecule has 1 aliphatic carbocycles. The first-order valence-electron chi connectivity index (χ1n) is 7.74. The van der Waals surface area contributed by atoms with Crippen LogP contribution in [0.25, 0.3) is 11.1 Å². The van der Waals surface area contributed by atoms with E-state index in [4.69, 9.17) is 0 Å². The standard InChI is InChI=1S/C21H22O/c1-13-14(2)16(4)20(15(13)3)19-12-8-11-18(21(19)22)17-9-6-5-7-10-17/h5-12,20,22H,1-4H3. The van der Waals surface area contributed by atoms with Gasteiger partial charge in [-0.25, -0.2) is 0 Å². The fraction of sp³-hybridized carbons (Fsp3) is 0.238. The second-order valence-corrected chi connectivity index (χ2v) is 6.16. The van der Waals surface area contributed by atoms with Gasteiger partial charge in [0.2, 0.25) is 0 Å². The molecule has 2 aromatic carbocycles. The molecule has 0 aliphatic heterocycles. The molecule has 0 spiro atoms. The molecule has 0 atom stereocenters. The van der Waals surface area contributed by atoms with Gasteiger partial charge in [-0.05, 0) is 44.4 Å². The zero-order chi connectivity index (χ0) is 15.9. The van der Waals surface area contributed by atoms with E-state index < -0.39 is 0 Å². The maximum atomic E-state index is 10.9. The van der Waals surface area contributed by atoms with E-state index in [-0.39, 0.29) is 5.92 Å². The van der Waals surface area contributed by atoms with Crippen LogP contribution in [0.3, 0.4) is 0 Å². The lowest BCUT2D eigenvalue weighted by Crippen LogP contribution is -2.00. The summed E-state index contributed by atoms with van der Waals surface area (Å²) in [5.41, 5.74) is 8.36. The summed E-state index contributed by atoms with van der Waals surface area (Å²) in [5.74, 6) is 0.601. The highest BCUT2D eigenvalue weighted by Crippen LogP contribution is 2.47. The molecule has 0 radical (unpaired) electrons. The fourth-order valence-corrected chi connectivity index (χ4v) is 3.46. The summed E-state index contributed by atoms with van der Waals surface area (Å²) in [4.78, 5) is 0. The predicted octanol–water partition coefficient (Wildman–Crippen LogP) is 5.83. The van der Waals surface area contributed by atoms with E-state index in [1.165, 1.54) is 22.3 Å². The Morgan fingerprint density at radius 1 is 0.727 bits per heavy atom. The van der Waals surface area contributed by atoms with Crippen LogP contribution in [0, 0.1) is 0 Å². The van der Waals surface area contributed by atoms with Gasteiger partial charge in [0.1, 0.15) is 5.75 Å². The van der Waals surface area contributed by atoms with Gasteiger partial charge in [-0.2, -0.15) is 0 Å². The van der Waals surface area contributed by atoms with Gasteiger partial charge in [-0.15, -0.1) is 0 Å². The van der Waals surface area contributed by atoms with Crippen LogP contribution in [-0.2, 0) is 0 Å². The van der Waals surface area contributed by atoms with Crippen molar-refractivity contribution in [2.75, 3.05) is 0 Å². The van der Waals surface area contributed by atoms with Crippen LogP contribution in [0.5, 0.6) is 5.75 Å². The van der Waals surface area contributed by atoms with Crippen molar-refractivity contribution >= 4 is 0 Å². The molecule has 0 saturated carbocycles. The third-order valence-electron chi connectivity index (χ3n) is 5.07. The maximum Gasteiger partial charge on any atom is 0.127 e. The summed E-state index contributed by atoms with van der Waals surface area (Å²) in [5, 5.41) is 10.9. The van der Waals surface area contributed by atoms with E-state index in [9.17, 15) is 5.11 Å². The molecule has 1 heteroatoms. The van der Waals surface area contributed by atoms with Crippen molar-refractivity contribution in [1.29, 1.82) is 0 Å². The number of phenols is 1. The van der Waals surface area contributed by atoms with Crippen LogP contribution in [0.15, 0.2) is 70.8 Å². The van der Waals surface area contributed by atoms with Gasteiger partial charge in [0.25, 0.3) is 0 Å². The monoisotopic (exact) mass is 290 g/mol. The Hall–Kier alpha value is -2.28. The molecule has 0 bridgehead atoms. The first kappa shape index (κ1) is 14.6. The Labute approximate surface area is 132 Å². The zero-order valence-electron chi connectivity index (χ0n) is 13.6. The van der Waals surface area contributed by atoms with Gasteiger partial charge in [0, 0.05) is 17.0 Å². The molecule has 0 heterocycles. The molecule has 0 aromatic heterocycles. The highest BCUT2D eigenvalue weighted by molar-refractivity contribution is 5.73. The van der Waals surface area contributed by atoms with Gasteiger partial charge in [-0.1, -0.05) is 59.7 Å². The van der Waals surface area contributed by atoms with Crippen LogP contribution in [0.1, 0.15) is 39.2 Å². The van der Waals surface area contributed by atoms with Gasteiger partial charge in [0.15, 0.2) is 0 Å². The normalized spacial score (nSPS) is 15.8. The number of allylic oxidation sites excluding steroid dienone is 4. The summed E-state index contributed by atoms with van der Waals surface area (Å²) in [7, 11) is 0. The molecule has 1 aliphatic rings. The number of aromatic hydroxyl groups is 1. The summed E-state index contributed by atoms with van der Waals surface area (Å²) in [6, 6.07) is 16.1. The van der Waals surface area contributed by atoms with Crippen molar-refractivity contribution in [1.82, 2.24) is 0 Å². The third kappa shape index (κ3) is 2.18. The molecule has 0 fully saturated rings. The smallest absolute Gasteiger partial charge is 0.127 e. The van der Waals surface area contributed by atoms with Crippen LogP contribution in [-0.4, -0.2) is 5.11 Å². The Morgan fingerprint density at radius 2 is 1.32 bits per heavy atom. The van der Waals surface area contributed by atoms with Crippen LogP contribution in [0.2, 0.25) is 0 Å². The van der Waals surface area contributed by atoms with Crippen LogP contribution >= 0.6 is 0 Å². The summed E-state index contributed by atoms with van der Waals surface area (Å²) >= 11 is 0. The number of para-hydroxylation sites is 1. The molecule has 2 aromatic rings. The minimum absolute atomic E-state index is 0.198. The molecule has 22 heavy (non-hydrogen) atoms. The van der Waals surface area contributed by atoms with Gasteiger partial charge in [-0.3, -0.25) is 0 Å².